The summed E-state index contributed by atoms with van der Waals surface area (Å²) < 4.78 is 5.56. The van der Waals surface area contributed by atoms with E-state index >= 15 is 0 Å². The van der Waals surface area contributed by atoms with Crippen LogP contribution in [0, 0.1) is 6.92 Å². The Morgan fingerprint density at radius 1 is 1.17 bits per heavy atom. The summed E-state index contributed by atoms with van der Waals surface area (Å²) in [4.78, 5) is 23.2. The molecule has 0 unspecified atom stereocenters. The highest BCUT2D eigenvalue weighted by molar-refractivity contribution is 6.31. The van der Waals surface area contributed by atoms with Gasteiger partial charge in [-0.1, -0.05) is 17.7 Å². The summed E-state index contributed by atoms with van der Waals surface area (Å²) in [5, 5.41) is 3.32. The molecule has 0 aromatic heterocycles. The maximum absolute atomic E-state index is 12.2. The van der Waals surface area contributed by atoms with E-state index < -0.39 is 12.0 Å². The topological polar surface area (TPSA) is 81.4 Å². The minimum absolute atomic E-state index is 0.297. The number of amides is 2. The predicted molar refractivity (Wildman–Crippen MR) is 89.9 cm³/mol. The maximum Gasteiger partial charge on any atom is 0.265 e. The van der Waals surface area contributed by atoms with Gasteiger partial charge in [0.25, 0.3) is 5.91 Å². The van der Waals surface area contributed by atoms with E-state index in [9.17, 15) is 9.59 Å². The highest BCUT2D eigenvalue weighted by Gasteiger charge is 2.16. The molecule has 0 aliphatic rings. The molecule has 6 heteroatoms. The fraction of sp³-hybridized carbons (Fsp3) is 0.176. The zero-order valence-electron chi connectivity index (χ0n) is 12.8. The number of nitrogens with two attached hydrogens (primary N) is 1. The van der Waals surface area contributed by atoms with Crippen molar-refractivity contribution in [3.63, 3.8) is 0 Å². The van der Waals surface area contributed by atoms with Gasteiger partial charge in [-0.15, -0.1) is 0 Å². The van der Waals surface area contributed by atoms with E-state index in [1.807, 2.05) is 13.0 Å². The number of carbonyl (C=O) groups is 2. The number of hydrogen-bond donors (Lipinski definition) is 2. The first-order valence-electron chi connectivity index (χ1n) is 7.00. The zero-order chi connectivity index (χ0) is 17.0. The van der Waals surface area contributed by atoms with Gasteiger partial charge in [0.15, 0.2) is 6.10 Å². The van der Waals surface area contributed by atoms with Crippen LogP contribution in [0.5, 0.6) is 5.75 Å². The van der Waals surface area contributed by atoms with E-state index in [0.717, 1.165) is 5.56 Å². The monoisotopic (exact) mass is 332 g/mol. The molecule has 120 valence electrons. The second-order valence-electron chi connectivity index (χ2n) is 5.10. The number of nitrogens with one attached hydrogen (secondary N) is 1. The molecule has 0 spiro atoms. The lowest BCUT2D eigenvalue weighted by atomic mass is 10.2. The number of rotatable bonds is 5. The molecule has 0 radical (unpaired) electrons. The third-order valence-electron chi connectivity index (χ3n) is 3.28. The molecule has 2 amide bonds. The molecule has 3 N–H and O–H groups in total. The Kier molecular flexibility index (Phi) is 5.24. The Morgan fingerprint density at radius 3 is 2.43 bits per heavy atom. The third kappa shape index (κ3) is 4.47. The van der Waals surface area contributed by atoms with Gasteiger partial charge in [-0.25, -0.2) is 0 Å². The largest absolute Gasteiger partial charge is 0.481 e. The van der Waals surface area contributed by atoms with Crippen LogP contribution in [-0.4, -0.2) is 17.9 Å². The van der Waals surface area contributed by atoms with Crippen molar-refractivity contribution in [3.8, 4) is 5.75 Å². The van der Waals surface area contributed by atoms with Gasteiger partial charge in [-0.05, 0) is 55.8 Å². The quantitative estimate of drug-likeness (QED) is 0.882. The highest BCUT2D eigenvalue weighted by atomic mass is 35.5. The zero-order valence-corrected chi connectivity index (χ0v) is 13.6. The molecule has 0 saturated carbocycles. The van der Waals surface area contributed by atoms with Crippen molar-refractivity contribution >= 4 is 29.1 Å². The Balaban J connectivity index is 2.02. The maximum atomic E-state index is 12.2. The fourth-order valence-corrected chi connectivity index (χ4v) is 2.09. The molecule has 0 heterocycles. The van der Waals surface area contributed by atoms with Crippen LogP contribution in [0.25, 0.3) is 0 Å². The first-order valence-corrected chi connectivity index (χ1v) is 7.38. The van der Waals surface area contributed by atoms with E-state index in [1.165, 1.54) is 0 Å². The summed E-state index contributed by atoms with van der Waals surface area (Å²) >= 11 is 5.93. The van der Waals surface area contributed by atoms with E-state index in [2.05, 4.69) is 5.32 Å². The van der Waals surface area contributed by atoms with E-state index in [-0.39, 0.29) is 5.91 Å². The second kappa shape index (κ2) is 7.15. The molecular weight excluding hydrogens is 316 g/mol. The van der Waals surface area contributed by atoms with Crippen LogP contribution in [0.3, 0.4) is 0 Å². The highest BCUT2D eigenvalue weighted by Crippen LogP contribution is 2.21. The SMILES string of the molecule is Cc1ccc(Cl)cc1NC(=O)[C@H](C)Oc1ccc(C(N)=O)cc1. The Labute approximate surface area is 139 Å². The number of aryl methyl sites for hydroxylation is 1. The minimum atomic E-state index is -0.715. The summed E-state index contributed by atoms with van der Waals surface area (Å²) in [6, 6.07) is 11.5. The van der Waals surface area contributed by atoms with E-state index in [1.54, 1.807) is 43.3 Å². The van der Waals surface area contributed by atoms with Crippen LogP contribution in [0.2, 0.25) is 5.02 Å². The Hall–Kier alpha value is -2.53. The van der Waals surface area contributed by atoms with Gasteiger partial charge in [0.1, 0.15) is 5.75 Å². The van der Waals surface area contributed by atoms with Gasteiger partial charge < -0.3 is 15.8 Å². The molecule has 0 aliphatic carbocycles. The van der Waals surface area contributed by atoms with Gasteiger partial charge in [0.05, 0.1) is 0 Å². The molecule has 0 aliphatic heterocycles. The van der Waals surface area contributed by atoms with Gasteiger partial charge in [0, 0.05) is 16.3 Å². The van der Waals surface area contributed by atoms with Crippen LogP contribution in [0.4, 0.5) is 5.69 Å². The average Bonchev–Trinajstić information content (AvgIpc) is 2.51. The molecule has 0 fully saturated rings. The lowest BCUT2D eigenvalue weighted by molar-refractivity contribution is -0.122. The van der Waals surface area contributed by atoms with Gasteiger partial charge >= 0.3 is 0 Å². The van der Waals surface area contributed by atoms with Crippen molar-refractivity contribution in [2.24, 2.45) is 5.73 Å². The van der Waals surface area contributed by atoms with Crippen molar-refractivity contribution in [2.75, 3.05) is 5.32 Å². The molecule has 0 saturated heterocycles. The number of primary amides is 1. The summed E-state index contributed by atoms with van der Waals surface area (Å²) in [6.07, 6.45) is -0.715. The normalized spacial score (nSPS) is 11.6. The van der Waals surface area contributed by atoms with Crippen molar-refractivity contribution in [1.29, 1.82) is 0 Å². The number of benzene rings is 2. The molecule has 2 aromatic carbocycles. The second-order valence-corrected chi connectivity index (χ2v) is 5.53. The summed E-state index contributed by atoms with van der Waals surface area (Å²) in [5.41, 5.74) is 7.09. The fourth-order valence-electron chi connectivity index (χ4n) is 1.92. The van der Waals surface area contributed by atoms with Crippen molar-refractivity contribution in [3.05, 3.63) is 58.6 Å². The van der Waals surface area contributed by atoms with Crippen LogP contribution in [0.1, 0.15) is 22.8 Å². The number of halogens is 1. The summed E-state index contributed by atoms with van der Waals surface area (Å²) in [5.74, 6) is -0.339. The lowest BCUT2D eigenvalue weighted by Gasteiger charge is -2.16. The molecule has 23 heavy (non-hydrogen) atoms. The number of carbonyl (C=O) groups excluding carboxylic acids is 2. The summed E-state index contributed by atoms with van der Waals surface area (Å²) in [7, 11) is 0. The predicted octanol–water partition coefficient (Wildman–Crippen LogP) is 3.15. The minimum Gasteiger partial charge on any atom is -0.481 e. The number of hydrogen-bond acceptors (Lipinski definition) is 3. The molecule has 0 bridgehead atoms. The van der Waals surface area contributed by atoms with E-state index in [0.29, 0.717) is 22.0 Å². The van der Waals surface area contributed by atoms with Crippen LogP contribution in [-0.2, 0) is 4.79 Å². The molecule has 5 nitrogen and oxygen atoms in total. The Morgan fingerprint density at radius 2 is 1.83 bits per heavy atom. The number of ether oxygens (including phenoxy) is 1. The Bertz CT molecular complexity index is 729. The molecule has 2 rings (SSSR count). The first-order chi connectivity index (χ1) is 10.9. The van der Waals surface area contributed by atoms with Gasteiger partial charge in [-0.3, -0.25) is 9.59 Å². The van der Waals surface area contributed by atoms with Crippen LogP contribution in [0.15, 0.2) is 42.5 Å². The van der Waals surface area contributed by atoms with Crippen molar-refractivity contribution in [2.45, 2.75) is 20.0 Å². The van der Waals surface area contributed by atoms with Crippen LogP contribution < -0.4 is 15.8 Å². The molecule has 1 atom stereocenters. The van der Waals surface area contributed by atoms with Gasteiger partial charge in [0.2, 0.25) is 5.91 Å². The standard InChI is InChI=1S/C17H17ClN2O3/c1-10-3-6-13(18)9-15(10)20-17(22)11(2)23-14-7-4-12(5-8-14)16(19)21/h3-9,11H,1-2H3,(H2,19,21)(H,20,22)/t11-/m0/s1. The smallest absolute Gasteiger partial charge is 0.265 e. The van der Waals surface area contributed by atoms with Crippen LogP contribution >= 0.6 is 11.6 Å². The first kappa shape index (κ1) is 16.8. The number of anilines is 1. The third-order valence-corrected chi connectivity index (χ3v) is 3.51. The van der Waals surface area contributed by atoms with Gasteiger partial charge in [-0.2, -0.15) is 0 Å². The average molecular weight is 333 g/mol. The lowest BCUT2D eigenvalue weighted by Crippen LogP contribution is -2.30. The van der Waals surface area contributed by atoms with E-state index in [4.69, 9.17) is 22.1 Å². The summed E-state index contributed by atoms with van der Waals surface area (Å²) in [6.45, 7) is 3.51. The molecule has 2 aromatic rings. The van der Waals surface area contributed by atoms with Crippen molar-refractivity contribution in [1.82, 2.24) is 0 Å². The molecular formula is C17H17ClN2O3. The van der Waals surface area contributed by atoms with Crippen molar-refractivity contribution < 1.29 is 14.3 Å².